The number of benzene rings is 1. The third kappa shape index (κ3) is 2.74. The van der Waals surface area contributed by atoms with Crippen molar-refractivity contribution in [3.05, 3.63) is 76.1 Å². The monoisotopic (exact) mass is 356 g/mol. The Morgan fingerprint density at radius 1 is 1.16 bits per heavy atom. The number of H-pyrrole nitrogens is 1. The minimum absolute atomic E-state index is 0.185. The van der Waals surface area contributed by atoms with Crippen LogP contribution in [0.2, 0.25) is 0 Å². The van der Waals surface area contributed by atoms with Crippen molar-refractivity contribution in [3.8, 4) is 5.69 Å². The third-order valence-electron chi connectivity index (χ3n) is 3.93. The van der Waals surface area contributed by atoms with Crippen molar-refractivity contribution in [1.82, 2.24) is 14.8 Å². The average molecular weight is 356 g/mol. The van der Waals surface area contributed by atoms with Crippen LogP contribution in [0.3, 0.4) is 0 Å². The number of pyridine rings is 1. The molecule has 0 radical (unpaired) electrons. The number of thioether (sulfide) groups is 1. The number of aromatic nitrogens is 3. The van der Waals surface area contributed by atoms with Crippen molar-refractivity contribution >= 4 is 23.5 Å². The highest BCUT2D eigenvalue weighted by Gasteiger charge is 2.29. The summed E-state index contributed by atoms with van der Waals surface area (Å²) in [7, 11) is 0. The van der Waals surface area contributed by atoms with Gasteiger partial charge in [-0.3, -0.25) is 9.59 Å². The number of carbonyl (C=O) groups excluding carboxylic acids is 1. The van der Waals surface area contributed by atoms with Crippen LogP contribution in [-0.4, -0.2) is 26.4 Å². The van der Waals surface area contributed by atoms with Gasteiger partial charge in [0.25, 0.3) is 5.56 Å². The third-order valence-corrected chi connectivity index (χ3v) is 5.20. The highest BCUT2D eigenvalue weighted by molar-refractivity contribution is 8.00. The number of nitrogens with zero attached hydrogens (tertiary/aromatic N) is 2. The first kappa shape index (κ1) is 15.6. The predicted octanol–water partition coefficient (Wildman–Crippen LogP) is 2.47. The Bertz CT molecular complexity index is 1010. The summed E-state index contributed by atoms with van der Waals surface area (Å²) in [5.41, 5.74) is 1.20. The lowest BCUT2D eigenvalue weighted by molar-refractivity contribution is -0.113. The summed E-state index contributed by atoms with van der Waals surface area (Å²) in [5.74, 6) is -0.105. The molecule has 0 saturated carbocycles. The van der Waals surface area contributed by atoms with Crippen LogP contribution in [0.15, 0.2) is 53.6 Å². The first-order valence-corrected chi connectivity index (χ1v) is 8.62. The summed E-state index contributed by atoms with van der Waals surface area (Å²) in [6, 6.07) is 9.64. The molecule has 6 nitrogen and oxygen atoms in total. The van der Waals surface area contributed by atoms with Gasteiger partial charge in [0.2, 0.25) is 5.91 Å². The smallest absolute Gasteiger partial charge is 0.252 e. The summed E-state index contributed by atoms with van der Waals surface area (Å²) < 4.78 is 15.5. The Morgan fingerprint density at radius 3 is 2.80 bits per heavy atom. The minimum atomic E-state index is -0.450. The van der Waals surface area contributed by atoms with Crippen molar-refractivity contribution in [1.29, 1.82) is 0 Å². The zero-order valence-corrected chi connectivity index (χ0v) is 13.7. The largest absolute Gasteiger partial charge is 0.329 e. The van der Waals surface area contributed by atoms with Crippen molar-refractivity contribution < 1.29 is 9.18 Å². The van der Waals surface area contributed by atoms with Crippen LogP contribution in [0.4, 0.5) is 10.2 Å². The van der Waals surface area contributed by atoms with E-state index in [0.717, 1.165) is 0 Å². The minimum Gasteiger partial charge on any atom is -0.329 e. The molecule has 0 spiro atoms. The number of halogens is 1. The number of carbonyl (C=O) groups is 1. The zero-order chi connectivity index (χ0) is 17.4. The molecule has 1 atom stereocenters. The fourth-order valence-corrected chi connectivity index (χ4v) is 3.91. The molecule has 126 valence electrons. The Balaban J connectivity index is 1.90. The van der Waals surface area contributed by atoms with Crippen LogP contribution in [0.25, 0.3) is 5.69 Å². The topological polar surface area (TPSA) is 79.8 Å². The average Bonchev–Trinajstić information content (AvgIpc) is 2.92. The maximum Gasteiger partial charge on any atom is 0.252 e. The van der Waals surface area contributed by atoms with Gasteiger partial charge in [-0.25, -0.2) is 9.07 Å². The molecule has 8 heteroatoms. The molecular weight excluding hydrogens is 343 g/mol. The number of nitrogens with one attached hydrogen (secondary N) is 2. The molecule has 3 aromatic rings. The number of fused-ring (bicyclic) bond motifs is 1. The fourth-order valence-electron chi connectivity index (χ4n) is 2.80. The van der Waals surface area contributed by atoms with E-state index in [1.807, 2.05) is 0 Å². The van der Waals surface area contributed by atoms with E-state index in [1.54, 1.807) is 42.7 Å². The van der Waals surface area contributed by atoms with E-state index in [4.69, 9.17) is 0 Å². The standard InChI is InChI=1S/C17H13FN4O2S/c18-12-5-1-2-6-13(12)22-16-11(8-20-22)15(25-9-14(23)21-16)10-4-3-7-19-17(10)24/h1-8,15H,9H2,(H,19,24)(H,21,23)/t15-/m1/s1. The van der Waals surface area contributed by atoms with E-state index in [0.29, 0.717) is 16.9 Å². The van der Waals surface area contributed by atoms with Gasteiger partial charge in [-0.2, -0.15) is 5.10 Å². The molecule has 0 saturated heterocycles. The SMILES string of the molecule is O=C1CS[C@H](c2ccc[nH]c2=O)c2cnn(-c3ccccc3F)c2N1. The number of hydrogen-bond acceptors (Lipinski definition) is 4. The van der Waals surface area contributed by atoms with Crippen LogP contribution >= 0.6 is 11.8 Å². The summed E-state index contributed by atoms with van der Waals surface area (Å²) in [5, 5.41) is 6.65. The van der Waals surface area contributed by atoms with Gasteiger partial charge >= 0.3 is 0 Å². The van der Waals surface area contributed by atoms with Crippen LogP contribution in [0.1, 0.15) is 16.4 Å². The van der Waals surface area contributed by atoms with E-state index in [-0.39, 0.29) is 28.2 Å². The number of rotatable bonds is 2. The Kier molecular flexibility index (Phi) is 3.89. The second kappa shape index (κ2) is 6.21. The lowest BCUT2D eigenvalue weighted by Crippen LogP contribution is -2.16. The van der Waals surface area contributed by atoms with Gasteiger partial charge in [-0.1, -0.05) is 18.2 Å². The van der Waals surface area contributed by atoms with E-state index in [1.165, 1.54) is 22.5 Å². The number of para-hydroxylation sites is 1. The quantitative estimate of drug-likeness (QED) is 0.739. The number of hydrogen-bond donors (Lipinski definition) is 2. The molecule has 0 unspecified atom stereocenters. The molecule has 2 aromatic heterocycles. The molecule has 25 heavy (non-hydrogen) atoms. The molecule has 1 aromatic carbocycles. The van der Waals surface area contributed by atoms with Crippen LogP contribution in [0.5, 0.6) is 0 Å². The second-order valence-corrected chi connectivity index (χ2v) is 6.60. The van der Waals surface area contributed by atoms with Crippen molar-refractivity contribution in [2.75, 3.05) is 11.1 Å². The van der Waals surface area contributed by atoms with Crippen LogP contribution < -0.4 is 10.9 Å². The summed E-state index contributed by atoms with van der Waals surface area (Å²) in [4.78, 5) is 27.0. The van der Waals surface area contributed by atoms with Gasteiger partial charge in [-0.05, 0) is 18.2 Å². The highest BCUT2D eigenvalue weighted by atomic mass is 32.2. The molecule has 0 bridgehead atoms. The van der Waals surface area contributed by atoms with Crippen molar-refractivity contribution in [3.63, 3.8) is 0 Å². The Labute approximate surface area is 146 Å². The maximum atomic E-state index is 14.2. The molecule has 0 aliphatic carbocycles. The lowest BCUT2D eigenvalue weighted by atomic mass is 10.1. The number of amides is 1. The predicted molar refractivity (Wildman–Crippen MR) is 93.5 cm³/mol. The second-order valence-electron chi connectivity index (χ2n) is 5.51. The van der Waals surface area contributed by atoms with Gasteiger partial charge in [-0.15, -0.1) is 11.8 Å². The molecule has 1 aliphatic rings. The van der Waals surface area contributed by atoms with Crippen LogP contribution in [0, 0.1) is 5.82 Å². The molecule has 3 heterocycles. The van der Waals surface area contributed by atoms with Gasteiger partial charge in [0.1, 0.15) is 17.3 Å². The van der Waals surface area contributed by atoms with E-state index < -0.39 is 5.82 Å². The number of anilines is 1. The van der Waals surface area contributed by atoms with E-state index in [9.17, 15) is 14.0 Å². The molecule has 1 amide bonds. The van der Waals surface area contributed by atoms with Gasteiger partial charge in [0.05, 0.1) is 17.2 Å². The fraction of sp³-hybridized carbons (Fsp3) is 0.118. The molecule has 2 N–H and O–H groups in total. The normalized spacial score (nSPS) is 16.8. The first-order chi connectivity index (χ1) is 12.1. The van der Waals surface area contributed by atoms with Crippen LogP contribution in [-0.2, 0) is 4.79 Å². The summed E-state index contributed by atoms with van der Waals surface area (Å²) >= 11 is 1.34. The summed E-state index contributed by atoms with van der Waals surface area (Å²) in [6.45, 7) is 0. The Morgan fingerprint density at radius 2 is 2.00 bits per heavy atom. The van der Waals surface area contributed by atoms with Crippen molar-refractivity contribution in [2.24, 2.45) is 0 Å². The summed E-state index contributed by atoms with van der Waals surface area (Å²) in [6.07, 6.45) is 3.12. The van der Waals surface area contributed by atoms with E-state index >= 15 is 0 Å². The molecule has 0 fully saturated rings. The highest BCUT2D eigenvalue weighted by Crippen LogP contribution is 2.40. The van der Waals surface area contributed by atoms with Gasteiger partial charge in [0.15, 0.2) is 0 Å². The first-order valence-electron chi connectivity index (χ1n) is 7.57. The van der Waals surface area contributed by atoms with Gasteiger partial charge < -0.3 is 10.3 Å². The van der Waals surface area contributed by atoms with E-state index in [2.05, 4.69) is 15.4 Å². The molecule has 1 aliphatic heterocycles. The Hall–Kier alpha value is -2.87. The lowest BCUT2D eigenvalue weighted by Gasteiger charge is -2.13. The zero-order valence-electron chi connectivity index (χ0n) is 12.9. The van der Waals surface area contributed by atoms with Crippen molar-refractivity contribution in [2.45, 2.75) is 5.25 Å². The molecular formula is C17H13FN4O2S. The molecule has 4 rings (SSSR count). The van der Waals surface area contributed by atoms with Gasteiger partial charge in [0, 0.05) is 17.3 Å². The number of aromatic amines is 1. The maximum absolute atomic E-state index is 14.2.